The van der Waals surface area contributed by atoms with Gasteiger partial charge in [-0.25, -0.2) is 24.2 Å². The van der Waals surface area contributed by atoms with E-state index >= 15 is 0 Å². The molecule has 0 aliphatic heterocycles. The number of amides is 1. The van der Waals surface area contributed by atoms with E-state index in [1.54, 1.807) is 41.5 Å². The van der Waals surface area contributed by atoms with Crippen LogP contribution in [0.4, 0.5) is 4.79 Å². The van der Waals surface area contributed by atoms with Gasteiger partial charge in [-0.1, -0.05) is 0 Å². The number of aromatic nitrogens is 2. The van der Waals surface area contributed by atoms with Crippen LogP contribution in [0.2, 0.25) is 0 Å². The van der Waals surface area contributed by atoms with Crippen LogP contribution >= 0.6 is 0 Å². The van der Waals surface area contributed by atoms with E-state index in [1.807, 2.05) is 4.98 Å². The molecule has 0 aromatic carbocycles. The third kappa shape index (κ3) is 6.71. The second-order valence-corrected chi connectivity index (χ2v) is 7.10. The van der Waals surface area contributed by atoms with Gasteiger partial charge in [0.15, 0.2) is 6.04 Å². The molecule has 10 heteroatoms. The monoisotopic (exact) mass is 345 g/mol. The minimum Gasteiger partial charge on any atom is -0.458 e. The molecule has 1 aromatic heterocycles. The summed E-state index contributed by atoms with van der Waals surface area (Å²) in [6.45, 7) is 9.50. The number of esters is 1. The van der Waals surface area contributed by atoms with Crippen molar-refractivity contribution in [3.05, 3.63) is 21.0 Å². The quantitative estimate of drug-likeness (QED) is 0.753. The number of ether oxygens (including phenoxy) is 2. The summed E-state index contributed by atoms with van der Waals surface area (Å²) in [5.74, 6) is -1.77. The lowest BCUT2D eigenvalue weighted by Gasteiger charge is -2.25. The molecule has 0 saturated carbocycles. The van der Waals surface area contributed by atoms with Crippen molar-refractivity contribution in [3.63, 3.8) is 0 Å². The summed E-state index contributed by atoms with van der Waals surface area (Å²) >= 11 is 0. The number of carbonyl (C=O) groups excluding carboxylic acids is 2. The minimum atomic E-state index is -1.28. The standard InChI is InChI=1S/C14H23N3O7/c1-13(2,3)22-9(18)8(15-11(20)23-14(4,5)6)7-17-10(19)16-12(21)24-17/h8H,7H2,1-6H3,(H,15,20)(H,16,19,21)/t8-/m0/s1. The summed E-state index contributed by atoms with van der Waals surface area (Å²) in [6.07, 6.45) is -0.871. The van der Waals surface area contributed by atoms with Gasteiger partial charge >= 0.3 is 23.5 Å². The number of nitrogens with one attached hydrogen (secondary N) is 2. The Balaban J connectivity index is 2.96. The maximum Gasteiger partial charge on any atom is 0.440 e. The zero-order valence-corrected chi connectivity index (χ0v) is 14.6. The highest BCUT2D eigenvalue weighted by Crippen LogP contribution is 2.11. The fourth-order valence-electron chi connectivity index (χ4n) is 1.60. The molecule has 1 amide bonds. The van der Waals surface area contributed by atoms with Gasteiger partial charge in [0, 0.05) is 0 Å². The predicted molar refractivity (Wildman–Crippen MR) is 82.6 cm³/mol. The fraction of sp³-hybridized carbons (Fsp3) is 0.714. The van der Waals surface area contributed by atoms with Crippen molar-refractivity contribution in [2.45, 2.75) is 65.3 Å². The van der Waals surface area contributed by atoms with Gasteiger partial charge in [-0.05, 0) is 41.5 Å². The van der Waals surface area contributed by atoms with E-state index in [0.717, 1.165) is 0 Å². The molecule has 0 bridgehead atoms. The Bertz CT molecular complexity index is 699. The van der Waals surface area contributed by atoms with E-state index in [-0.39, 0.29) is 0 Å². The molecule has 0 spiro atoms. The zero-order valence-electron chi connectivity index (χ0n) is 14.6. The van der Waals surface area contributed by atoms with Crippen molar-refractivity contribution in [1.29, 1.82) is 0 Å². The van der Waals surface area contributed by atoms with Gasteiger partial charge in [0.1, 0.15) is 11.2 Å². The second kappa shape index (κ2) is 6.93. The van der Waals surface area contributed by atoms with Gasteiger partial charge in [-0.15, -0.1) is 4.74 Å². The van der Waals surface area contributed by atoms with E-state index in [1.165, 1.54) is 0 Å². The molecule has 0 radical (unpaired) electrons. The Morgan fingerprint density at radius 2 is 1.67 bits per heavy atom. The first-order chi connectivity index (χ1) is 10.8. The van der Waals surface area contributed by atoms with Crippen LogP contribution < -0.4 is 16.8 Å². The molecule has 24 heavy (non-hydrogen) atoms. The first kappa shape index (κ1) is 19.5. The Labute approximate surface area is 138 Å². The molecule has 0 unspecified atom stereocenters. The number of hydrogen-bond acceptors (Lipinski definition) is 7. The average Bonchev–Trinajstić information content (AvgIpc) is 2.62. The number of hydrogen-bond donors (Lipinski definition) is 2. The topological polar surface area (TPSA) is 133 Å². The van der Waals surface area contributed by atoms with Crippen LogP contribution in [0.1, 0.15) is 41.5 Å². The maximum atomic E-state index is 12.2. The highest BCUT2D eigenvalue weighted by atomic mass is 16.6. The lowest BCUT2D eigenvalue weighted by Crippen LogP contribution is -2.49. The Hall–Kier alpha value is -2.52. The fourth-order valence-corrected chi connectivity index (χ4v) is 1.60. The molecule has 0 fully saturated rings. The molecule has 1 aromatic rings. The van der Waals surface area contributed by atoms with Crippen LogP contribution in [0, 0.1) is 0 Å². The molecule has 0 saturated heterocycles. The van der Waals surface area contributed by atoms with Crippen molar-refractivity contribution in [3.8, 4) is 0 Å². The predicted octanol–water partition coefficient (Wildman–Crippen LogP) is 0.365. The van der Waals surface area contributed by atoms with E-state index in [4.69, 9.17) is 9.47 Å². The van der Waals surface area contributed by atoms with Gasteiger partial charge < -0.3 is 19.3 Å². The van der Waals surface area contributed by atoms with Crippen molar-refractivity contribution in [1.82, 2.24) is 15.0 Å². The summed E-state index contributed by atoms with van der Waals surface area (Å²) in [4.78, 5) is 48.6. The van der Waals surface area contributed by atoms with E-state index in [9.17, 15) is 19.2 Å². The minimum absolute atomic E-state index is 0.425. The molecule has 2 N–H and O–H groups in total. The first-order valence-corrected chi connectivity index (χ1v) is 7.30. The number of aromatic amines is 1. The summed E-state index contributed by atoms with van der Waals surface area (Å²) < 4.78 is 15.5. The highest BCUT2D eigenvalue weighted by molar-refractivity contribution is 5.81. The second-order valence-electron chi connectivity index (χ2n) is 7.10. The van der Waals surface area contributed by atoms with Gasteiger partial charge in [-0.3, -0.25) is 0 Å². The summed E-state index contributed by atoms with van der Waals surface area (Å²) in [6, 6.07) is -1.28. The largest absolute Gasteiger partial charge is 0.458 e. The first-order valence-electron chi connectivity index (χ1n) is 7.30. The molecule has 0 aliphatic rings. The van der Waals surface area contributed by atoms with Gasteiger partial charge in [-0.2, -0.15) is 0 Å². The van der Waals surface area contributed by atoms with Crippen molar-refractivity contribution < 1.29 is 23.6 Å². The Kier molecular flexibility index (Phi) is 5.64. The van der Waals surface area contributed by atoms with Crippen LogP contribution in [0.25, 0.3) is 0 Å². The molecule has 0 aliphatic carbocycles. The number of H-pyrrole nitrogens is 1. The highest BCUT2D eigenvalue weighted by Gasteiger charge is 2.30. The molecule has 1 heterocycles. The SMILES string of the molecule is CC(C)(C)OC(=O)N[C@@H](Cn1oc(=O)[nH]c1=O)C(=O)OC(C)(C)C. The van der Waals surface area contributed by atoms with E-state index < -0.39 is 47.3 Å². The van der Waals surface area contributed by atoms with Crippen LogP contribution in [-0.2, 0) is 20.8 Å². The number of rotatable bonds is 4. The Morgan fingerprint density at radius 1 is 1.12 bits per heavy atom. The normalized spacial score (nSPS) is 13.2. The summed E-state index contributed by atoms with van der Waals surface area (Å²) in [5, 5.41) is 2.31. The van der Waals surface area contributed by atoms with Gasteiger partial charge in [0.05, 0.1) is 6.54 Å². The van der Waals surface area contributed by atoms with Crippen LogP contribution in [0.5, 0.6) is 0 Å². The maximum absolute atomic E-state index is 12.2. The summed E-state index contributed by atoms with van der Waals surface area (Å²) in [7, 11) is 0. The molecular weight excluding hydrogens is 322 g/mol. The third-order valence-electron chi connectivity index (χ3n) is 2.36. The van der Waals surface area contributed by atoms with Crippen LogP contribution in [-0.4, -0.2) is 39.0 Å². The lowest BCUT2D eigenvalue weighted by molar-refractivity contribution is -0.158. The third-order valence-corrected chi connectivity index (χ3v) is 2.36. The number of nitrogens with zero attached hydrogens (tertiary/aromatic N) is 1. The van der Waals surface area contributed by atoms with Crippen LogP contribution in [0.3, 0.4) is 0 Å². The zero-order chi connectivity index (χ0) is 18.7. The molecule has 1 atom stereocenters. The smallest absolute Gasteiger partial charge is 0.440 e. The van der Waals surface area contributed by atoms with Crippen molar-refractivity contribution in [2.75, 3.05) is 0 Å². The average molecular weight is 345 g/mol. The molecular formula is C14H23N3O7. The lowest BCUT2D eigenvalue weighted by atomic mass is 10.2. The van der Waals surface area contributed by atoms with Crippen molar-refractivity contribution in [2.24, 2.45) is 0 Å². The Morgan fingerprint density at radius 3 is 2.08 bits per heavy atom. The van der Waals surface area contributed by atoms with Gasteiger partial charge in [0.2, 0.25) is 0 Å². The number of alkyl carbamates (subject to hydrolysis) is 1. The van der Waals surface area contributed by atoms with Crippen LogP contribution in [0.15, 0.2) is 14.1 Å². The molecule has 1 rings (SSSR count). The van der Waals surface area contributed by atoms with E-state index in [2.05, 4.69) is 9.84 Å². The molecule has 10 nitrogen and oxygen atoms in total. The number of carbonyl (C=O) groups is 2. The van der Waals surface area contributed by atoms with E-state index in [0.29, 0.717) is 4.74 Å². The molecule has 136 valence electrons. The summed E-state index contributed by atoms with van der Waals surface area (Å²) in [5.41, 5.74) is -2.44. The van der Waals surface area contributed by atoms with Crippen molar-refractivity contribution >= 4 is 12.1 Å². The van der Waals surface area contributed by atoms with Gasteiger partial charge in [0.25, 0.3) is 0 Å².